The van der Waals surface area contributed by atoms with Crippen molar-refractivity contribution >= 4 is 11.6 Å². The minimum atomic E-state index is 0.270. The van der Waals surface area contributed by atoms with Crippen LogP contribution in [0.3, 0.4) is 0 Å². The Morgan fingerprint density at radius 3 is 2.76 bits per heavy atom. The molecule has 1 saturated heterocycles. The minimum absolute atomic E-state index is 0.270. The Morgan fingerprint density at radius 1 is 1.41 bits per heavy atom. The van der Waals surface area contributed by atoms with Gasteiger partial charge >= 0.3 is 0 Å². The molecule has 0 spiro atoms. The van der Waals surface area contributed by atoms with Crippen molar-refractivity contribution in [3.63, 3.8) is 0 Å². The van der Waals surface area contributed by atoms with E-state index < -0.39 is 0 Å². The molecule has 1 unspecified atom stereocenters. The first-order chi connectivity index (χ1) is 8.31. The number of ether oxygens (including phenoxy) is 1. The van der Waals surface area contributed by atoms with Gasteiger partial charge < -0.3 is 14.5 Å². The standard InChI is InChI=1S/C13H20ClNO2/c1-2-7-15-13(10-5-8-16-9-6-10)11-3-4-12(14)17-11/h3-4,10,13,15H,2,5-9H2,1H3. The Kier molecular flexibility index (Phi) is 4.89. The molecule has 2 heterocycles. The zero-order chi connectivity index (χ0) is 12.1. The van der Waals surface area contributed by atoms with Crippen LogP contribution in [-0.2, 0) is 4.74 Å². The second kappa shape index (κ2) is 6.43. The molecule has 1 atom stereocenters. The molecule has 17 heavy (non-hydrogen) atoms. The van der Waals surface area contributed by atoms with Gasteiger partial charge in [-0.25, -0.2) is 0 Å². The molecule has 0 amide bonds. The van der Waals surface area contributed by atoms with Crippen molar-refractivity contribution < 1.29 is 9.15 Å². The molecule has 1 N–H and O–H groups in total. The van der Waals surface area contributed by atoms with E-state index in [0.717, 1.165) is 44.8 Å². The second-order valence-electron chi connectivity index (χ2n) is 4.52. The van der Waals surface area contributed by atoms with Gasteiger partial charge in [0.05, 0.1) is 6.04 Å². The first-order valence-corrected chi connectivity index (χ1v) is 6.75. The topological polar surface area (TPSA) is 34.4 Å². The molecule has 0 aromatic carbocycles. The third kappa shape index (κ3) is 3.47. The Morgan fingerprint density at radius 2 is 2.18 bits per heavy atom. The molecule has 0 aliphatic carbocycles. The van der Waals surface area contributed by atoms with Gasteiger partial charge in [0.15, 0.2) is 5.22 Å². The largest absolute Gasteiger partial charge is 0.448 e. The molecule has 2 rings (SSSR count). The van der Waals surface area contributed by atoms with Crippen molar-refractivity contribution in [3.05, 3.63) is 23.1 Å². The minimum Gasteiger partial charge on any atom is -0.448 e. The summed E-state index contributed by atoms with van der Waals surface area (Å²) < 4.78 is 11.0. The monoisotopic (exact) mass is 257 g/mol. The highest BCUT2D eigenvalue weighted by Crippen LogP contribution is 2.32. The van der Waals surface area contributed by atoms with Gasteiger partial charge in [-0.2, -0.15) is 0 Å². The Balaban J connectivity index is 2.06. The van der Waals surface area contributed by atoms with Gasteiger partial charge in [-0.15, -0.1) is 0 Å². The molecule has 0 radical (unpaired) electrons. The quantitative estimate of drug-likeness (QED) is 0.878. The van der Waals surface area contributed by atoms with Gasteiger partial charge in [0.1, 0.15) is 5.76 Å². The van der Waals surface area contributed by atoms with E-state index in [0.29, 0.717) is 11.1 Å². The van der Waals surface area contributed by atoms with Gasteiger partial charge in [0, 0.05) is 13.2 Å². The number of hydrogen-bond donors (Lipinski definition) is 1. The normalized spacial score (nSPS) is 19.4. The summed E-state index contributed by atoms with van der Waals surface area (Å²) in [5, 5.41) is 4.03. The summed E-state index contributed by atoms with van der Waals surface area (Å²) in [6, 6.07) is 4.06. The van der Waals surface area contributed by atoms with Crippen LogP contribution in [0.15, 0.2) is 16.5 Å². The molecule has 1 fully saturated rings. The Labute approximate surface area is 107 Å². The third-order valence-corrected chi connectivity index (χ3v) is 3.46. The Bertz CT molecular complexity index is 334. The SMILES string of the molecule is CCCNC(c1ccc(Cl)o1)C1CCOCC1. The predicted molar refractivity (Wildman–Crippen MR) is 68.3 cm³/mol. The highest BCUT2D eigenvalue weighted by atomic mass is 35.5. The number of hydrogen-bond acceptors (Lipinski definition) is 3. The average Bonchev–Trinajstić information content (AvgIpc) is 2.78. The van der Waals surface area contributed by atoms with Crippen molar-refractivity contribution in [3.8, 4) is 0 Å². The maximum Gasteiger partial charge on any atom is 0.193 e. The first-order valence-electron chi connectivity index (χ1n) is 6.37. The third-order valence-electron chi connectivity index (χ3n) is 3.25. The number of halogens is 1. The molecule has 3 nitrogen and oxygen atoms in total. The molecule has 0 saturated carbocycles. The van der Waals surface area contributed by atoms with E-state index in [9.17, 15) is 0 Å². The Hall–Kier alpha value is -0.510. The maximum atomic E-state index is 5.86. The fourth-order valence-electron chi connectivity index (χ4n) is 2.34. The van der Waals surface area contributed by atoms with E-state index in [1.54, 1.807) is 0 Å². The first kappa shape index (κ1) is 12.9. The summed E-state index contributed by atoms with van der Waals surface area (Å²) in [6.45, 7) is 4.87. The van der Waals surface area contributed by atoms with E-state index in [2.05, 4.69) is 12.2 Å². The van der Waals surface area contributed by atoms with Crippen LogP contribution in [-0.4, -0.2) is 19.8 Å². The fraction of sp³-hybridized carbons (Fsp3) is 0.692. The lowest BCUT2D eigenvalue weighted by Crippen LogP contribution is -2.32. The van der Waals surface area contributed by atoms with Crippen LogP contribution in [0.2, 0.25) is 5.22 Å². The number of nitrogens with one attached hydrogen (secondary N) is 1. The number of rotatable bonds is 5. The highest BCUT2D eigenvalue weighted by molar-refractivity contribution is 6.28. The van der Waals surface area contributed by atoms with E-state index in [-0.39, 0.29) is 6.04 Å². The predicted octanol–water partition coefficient (Wildman–Crippen LogP) is 3.40. The van der Waals surface area contributed by atoms with E-state index in [4.69, 9.17) is 20.8 Å². The average molecular weight is 258 g/mol. The molecule has 1 aliphatic rings. The summed E-state index contributed by atoms with van der Waals surface area (Å²) >= 11 is 5.86. The van der Waals surface area contributed by atoms with E-state index in [1.807, 2.05) is 12.1 Å². The van der Waals surface area contributed by atoms with Crippen LogP contribution in [0, 0.1) is 5.92 Å². The molecule has 96 valence electrons. The summed E-state index contributed by atoms with van der Waals surface area (Å²) in [7, 11) is 0. The van der Waals surface area contributed by atoms with Gasteiger partial charge in [-0.1, -0.05) is 6.92 Å². The van der Waals surface area contributed by atoms with Gasteiger partial charge in [0.25, 0.3) is 0 Å². The van der Waals surface area contributed by atoms with Crippen LogP contribution in [0.5, 0.6) is 0 Å². The molecule has 4 heteroatoms. The molecule has 1 aromatic heterocycles. The molecule has 1 aromatic rings. The molecule has 0 bridgehead atoms. The van der Waals surface area contributed by atoms with Crippen LogP contribution in [0.25, 0.3) is 0 Å². The summed E-state index contributed by atoms with van der Waals surface area (Å²) in [5.74, 6) is 1.54. The molecule has 1 aliphatic heterocycles. The van der Waals surface area contributed by atoms with Gasteiger partial charge in [-0.05, 0) is 55.5 Å². The summed E-state index contributed by atoms with van der Waals surface area (Å²) in [4.78, 5) is 0. The zero-order valence-corrected chi connectivity index (χ0v) is 11.0. The smallest absolute Gasteiger partial charge is 0.193 e. The van der Waals surface area contributed by atoms with Crippen molar-refractivity contribution in [1.82, 2.24) is 5.32 Å². The van der Waals surface area contributed by atoms with Crippen molar-refractivity contribution in [2.24, 2.45) is 5.92 Å². The molecular formula is C13H20ClNO2. The van der Waals surface area contributed by atoms with E-state index in [1.165, 1.54) is 0 Å². The lowest BCUT2D eigenvalue weighted by molar-refractivity contribution is 0.0507. The van der Waals surface area contributed by atoms with Crippen LogP contribution >= 0.6 is 11.6 Å². The fourth-order valence-corrected chi connectivity index (χ4v) is 2.50. The summed E-state index contributed by atoms with van der Waals surface area (Å²) in [5.41, 5.74) is 0. The maximum absolute atomic E-state index is 5.86. The number of furan rings is 1. The van der Waals surface area contributed by atoms with Gasteiger partial charge in [0.2, 0.25) is 0 Å². The van der Waals surface area contributed by atoms with Crippen molar-refractivity contribution in [2.45, 2.75) is 32.2 Å². The van der Waals surface area contributed by atoms with Crippen LogP contribution in [0.4, 0.5) is 0 Å². The molecular weight excluding hydrogens is 238 g/mol. The van der Waals surface area contributed by atoms with Crippen LogP contribution in [0.1, 0.15) is 38.0 Å². The van der Waals surface area contributed by atoms with E-state index >= 15 is 0 Å². The lowest BCUT2D eigenvalue weighted by atomic mass is 9.90. The summed E-state index contributed by atoms with van der Waals surface area (Å²) in [6.07, 6.45) is 3.29. The van der Waals surface area contributed by atoms with Crippen LogP contribution < -0.4 is 5.32 Å². The van der Waals surface area contributed by atoms with Crippen molar-refractivity contribution in [1.29, 1.82) is 0 Å². The highest BCUT2D eigenvalue weighted by Gasteiger charge is 2.27. The van der Waals surface area contributed by atoms with Crippen molar-refractivity contribution in [2.75, 3.05) is 19.8 Å². The zero-order valence-electron chi connectivity index (χ0n) is 10.2. The second-order valence-corrected chi connectivity index (χ2v) is 4.90. The lowest BCUT2D eigenvalue weighted by Gasteiger charge is -2.29. The van der Waals surface area contributed by atoms with Gasteiger partial charge in [-0.3, -0.25) is 0 Å².